The summed E-state index contributed by atoms with van der Waals surface area (Å²) in [5, 5.41) is 6.68. The number of rotatable bonds is 2. The van der Waals surface area contributed by atoms with Gasteiger partial charge >= 0.3 is 5.97 Å². The van der Waals surface area contributed by atoms with Crippen molar-refractivity contribution < 1.29 is 14.3 Å². The van der Waals surface area contributed by atoms with Gasteiger partial charge < -0.3 is 9.47 Å². The SMILES string of the molecule is CCOC(=O)c1n[nH]c2c1OCCC2. The van der Waals surface area contributed by atoms with Crippen molar-refractivity contribution in [1.29, 1.82) is 0 Å². The first kappa shape index (κ1) is 9.05. The van der Waals surface area contributed by atoms with Crippen molar-refractivity contribution in [3.05, 3.63) is 11.4 Å². The molecule has 0 aromatic carbocycles. The van der Waals surface area contributed by atoms with E-state index in [0.717, 1.165) is 18.5 Å². The Bertz CT molecular complexity index is 346. The lowest BCUT2D eigenvalue weighted by Gasteiger charge is -2.12. The van der Waals surface area contributed by atoms with E-state index in [0.29, 0.717) is 19.0 Å². The van der Waals surface area contributed by atoms with Crippen LogP contribution in [-0.2, 0) is 11.2 Å². The van der Waals surface area contributed by atoms with Crippen LogP contribution in [0.15, 0.2) is 0 Å². The largest absolute Gasteiger partial charge is 0.489 e. The second-order valence-corrected chi connectivity index (χ2v) is 3.05. The van der Waals surface area contributed by atoms with Gasteiger partial charge in [-0.15, -0.1) is 0 Å². The van der Waals surface area contributed by atoms with Gasteiger partial charge in [0.25, 0.3) is 0 Å². The number of H-pyrrole nitrogens is 1. The monoisotopic (exact) mass is 196 g/mol. The smallest absolute Gasteiger partial charge is 0.362 e. The Morgan fingerprint density at radius 1 is 1.71 bits per heavy atom. The Morgan fingerprint density at radius 2 is 2.57 bits per heavy atom. The van der Waals surface area contributed by atoms with Gasteiger partial charge in [0.2, 0.25) is 5.69 Å². The van der Waals surface area contributed by atoms with Gasteiger partial charge in [-0.05, 0) is 19.8 Å². The molecule has 0 amide bonds. The van der Waals surface area contributed by atoms with E-state index in [2.05, 4.69) is 10.2 Å². The van der Waals surface area contributed by atoms with Crippen LogP contribution in [0.5, 0.6) is 5.75 Å². The van der Waals surface area contributed by atoms with E-state index in [9.17, 15) is 4.79 Å². The van der Waals surface area contributed by atoms with Crippen molar-refractivity contribution in [2.45, 2.75) is 19.8 Å². The molecule has 2 heterocycles. The number of nitrogens with zero attached hydrogens (tertiary/aromatic N) is 1. The molecule has 76 valence electrons. The lowest BCUT2D eigenvalue weighted by Crippen LogP contribution is -2.11. The Labute approximate surface area is 81.4 Å². The number of nitrogens with one attached hydrogen (secondary N) is 1. The first-order valence-electron chi connectivity index (χ1n) is 4.70. The molecule has 0 saturated heterocycles. The van der Waals surface area contributed by atoms with Crippen molar-refractivity contribution in [3.63, 3.8) is 0 Å². The number of ether oxygens (including phenoxy) is 2. The summed E-state index contributed by atoms with van der Waals surface area (Å²) in [7, 11) is 0. The number of hydrogen-bond donors (Lipinski definition) is 1. The van der Waals surface area contributed by atoms with Crippen LogP contribution in [0.2, 0.25) is 0 Å². The molecular formula is C9H12N2O3. The predicted molar refractivity (Wildman–Crippen MR) is 48.4 cm³/mol. The van der Waals surface area contributed by atoms with Gasteiger partial charge in [0.15, 0.2) is 5.75 Å². The van der Waals surface area contributed by atoms with E-state index in [-0.39, 0.29) is 5.69 Å². The maximum atomic E-state index is 11.4. The van der Waals surface area contributed by atoms with Crippen LogP contribution in [0, 0.1) is 0 Å². The van der Waals surface area contributed by atoms with Crippen molar-refractivity contribution in [1.82, 2.24) is 10.2 Å². The summed E-state index contributed by atoms with van der Waals surface area (Å²) in [4.78, 5) is 11.4. The number of carbonyl (C=O) groups is 1. The molecule has 1 N–H and O–H groups in total. The number of aryl methyl sites for hydroxylation is 1. The maximum Gasteiger partial charge on any atom is 0.362 e. The zero-order valence-corrected chi connectivity index (χ0v) is 8.00. The Balaban J connectivity index is 2.25. The molecule has 14 heavy (non-hydrogen) atoms. The second kappa shape index (κ2) is 3.69. The van der Waals surface area contributed by atoms with Crippen LogP contribution in [-0.4, -0.2) is 29.4 Å². The van der Waals surface area contributed by atoms with Crippen LogP contribution in [0.4, 0.5) is 0 Å². The highest BCUT2D eigenvalue weighted by atomic mass is 16.5. The summed E-state index contributed by atoms with van der Waals surface area (Å²) in [5.74, 6) is 0.140. The molecule has 0 aliphatic carbocycles. The van der Waals surface area contributed by atoms with Gasteiger partial charge in [0, 0.05) is 0 Å². The highest BCUT2D eigenvalue weighted by Gasteiger charge is 2.24. The molecule has 0 fully saturated rings. The third kappa shape index (κ3) is 1.45. The topological polar surface area (TPSA) is 64.2 Å². The Kier molecular flexibility index (Phi) is 2.39. The second-order valence-electron chi connectivity index (χ2n) is 3.05. The Hall–Kier alpha value is -1.52. The zero-order chi connectivity index (χ0) is 9.97. The number of carbonyl (C=O) groups excluding carboxylic acids is 1. The van der Waals surface area contributed by atoms with Crippen LogP contribution >= 0.6 is 0 Å². The molecule has 5 heteroatoms. The normalized spacial score (nSPS) is 14.4. The summed E-state index contributed by atoms with van der Waals surface area (Å²) in [5.41, 5.74) is 1.15. The van der Waals surface area contributed by atoms with Crippen LogP contribution in [0.3, 0.4) is 0 Å². The van der Waals surface area contributed by atoms with Crippen LogP contribution < -0.4 is 4.74 Å². The van der Waals surface area contributed by atoms with Crippen molar-refractivity contribution >= 4 is 5.97 Å². The van der Waals surface area contributed by atoms with Crippen molar-refractivity contribution in [3.8, 4) is 5.75 Å². The summed E-state index contributed by atoms with van der Waals surface area (Å²) >= 11 is 0. The molecule has 2 rings (SSSR count). The van der Waals surface area contributed by atoms with Gasteiger partial charge in [-0.2, -0.15) is 5.10 Å². The summed E-state index contributed by atoms with van der Waals surface area (Å²) < 4.78 is 10.2. The van der Waals surface area contributed by atoms with Gasteiger partial charge in [-0.3, -0.25) is 5.10 Å². The zero-order valence-electron chi connectivity index (χ0n) is 8.00. The predicted octanol–water partition coefficient (Wildman–Crippen LogP) is 0.911. The average molecular weight is 196 g/mol. The number of aromatic nitrogens is 2. The van der Waals surface area contributed by atoms with Crippen molar-refractivity contribution in [2.75, 3.05) is 13.2 Å². The fourth-order valence-electron chi connectivity index (χ4n) is 1.45. The fourth-order valence-corrected chi connectivity index (χ4v) is 1.45. The molecular weight excluding hydrogens is 184 g/mol. The van der Waals surface area contributed by atoms with E-state index in [1.165, 1.54) is 0 Å². The third-order valence-electron chi connectivity index (χ3n) is 2.08. The number of hydrogen-bond acceptors (Lipinski definition) is 4. The molecule has 5 nitrogen and oxygen atoms in total. The molecule has 0 radical (unpaired) electrons. The molecule has 0 saturated carbocycles. The van der Waals surface area contributed by atoms with Crippen molar-refractivity contribution in [2.24, 2.45) is 0 Å². The fraction of sp³-hybridized carbons (Fsp3) is 0.556. The molecule has 0 unspecified atom stereocenters. The Morgan fingerprint density at radius 3 is 3.36 bits per heavy atom. The van der Waals surface area contributed by atoms with E-state index in [1.54, 1.807) is 6.92 Å². The maximum absolute atomic E-state index is 11.4. The van der Waals surface area contributed by atoms with Gasteiger partial charge in [-0.1, -0.05) is 0 Å². The van der Waals surface area contributed by atoms with Gasteiger partial charge in [0.05, 0.1) is 18.9 Å². The van der Waals surface area contributed by atoms with Gasteiger partial charge in [0.1, 0.15) is 0 Å². The molecule has 1 aromatic rings. The molecule has 0 bridgehead atoms. The van der Waals surface area contributed by atoms with E-state index < -0.39 is 5.97 Å². The molecule has 0 spiro atoms. The van der Waals surface area contributed by atoms with E-state index in [4.69, 9.17) is 9.47 Å². The van der Waals surface area contributed by atoms with Crippen LogP contribution in [0.25, 0.3) is 0 Å². The molecule has 1 aliphatic rings. The van der Waals surface area contributed by atoms with Gasteiger partial charge in [-0.25, -0.2) is 4.79 Å². The lowest BCUT2D eigenvalue weighted by atomic mass is 10.2. The first-order chi connectivity index (χ1) is 6.83. The highest BCUT2D eigenvalue weighted by Crippen LogP contribution is 2.26. The quantitative estimate of drug-likeness (QED) is 0.714. The average Bonchev–Trinajstić information content (AvgIpc) is 2.61. The summed E-state index contributed by atoms with van der Waals surface area (Å²) in [6, 6.07) is 0. The lowest BCUT2D eigenvalue weighted by molar-refractivity contribution is 0.0514. The van der Waals surface area contributed by atoms with E-state index >= 15 is 0 Å². The minimum absolute atomic E-state index is 0.265. The highest BCUT2D eigenvalue weighted by molar-refractivity contribution is 5.90. The molecule has 1 aliphatic heterocycles. The van der Waals surface area contributed by atoms with Crippen LogP contribution in [0.1, 0.15) is 29.5 Å². The minimum atomic E-state index is -0.424. The molecule has 1 aromatic heterocycles. The number of esters is 1. The standard InChI is InChI=1S/C9H12N2O3/c1-2-13-9(12)7-8-6(10-11-7)4-3-5-14-8/h2-5H2,1H3,(H,10,11). The summed E-state index contributed by atoms with van der Waals surface area (Å²) in [6.45, 7) is 2.75. The summed E-state index contributed by atoms with van der Waals surface area (Å²) in [6.07, 6.45) is 1.83. The first-order valence-corrected chi connectivity index (χ1v) is 4.70. The molecule has 0 atom stereocenters. The number of aromatic amines is 1. The third-order valence-corrected chi connectivity index (χ3v) is 2.08. The number of fused-ring (bicyclic) bond motifs is 1. The van der Waals surface area contributed by atoms with E-state index in [1.807, 2.05) is 0 Å². The minimum Gasteiger partial charge on any atom is -0.489 e.